The van der Waals surface area contributed by atoms with Crippen LogP contribution in [0.5, 0.6) is 0 Å². The van der Waals surface area contributed by atoms with E-state index >= 15 is 0 Å². The summed E-state index contributed by atoms with van der Waals surface area (Å²) in [4.78, 5) is 4.96. The normalized spacial score (nSPS) is 17.0. The van der Waals surface area contributed by atoms with Gasteiger partial charge in [-0.15, -0.1) is 0 Å². The van der Waals surface area contributed by atoms with Crippen molar-refractivity contribution in [1.29, 1.82) is 0 Å². The summed E-state index contributed by atoms with van der Waals surface area (Å²) in [7, 11) is 0. The number of rotatable bonds is 9. The lowest BCUT2D eigenvalue weighted by molar-refractivity contribution is 0.254. The molecule has 0 N–H and O–H groups in total. The summed E-state index contributed by atoms with van der Waals surface area (Å²) in [5, 5.41) is 0. The van der Waals surface area contributed by atoms with Crippen molar-refractivity contribution in [2.45, 2.75) is 53.9 Å². The number of allylic oxidation sites excluding steroid dienone is 5. The molecule has 1 aliphatic carbocycles. The van der Waals surface area contributed by atoms with E-state index in [4.69, 9.17) is 0 Å². The largest absolute Gasteiger partial charge is 0.349 e. The minimum absolute atomic E-state index is 0.210. The van der Waals surface area contributed by atoms with Gasteiger partial charge in [-0.1, -0.05) is 53.3 Å². The fourth-order valence-corrected chi connectivity index (χ4v) is 2.94. The molecule has 0 aliphatic heterocycles. The van der Waals surface area contributed by atoms with Gasteiger partial charge in [0.25, 0.3) is 0 Å². The molecule has 0 spiro atoms. The molecule has 0 radical (unpaired) electrons. The summed E-state index contributed by atoms with van der Waals surface area (Å²) in [6.45, 7) is 20.2. The third-order valence-corrected chi connectivity index (χ3v) is 4.54. The second kappa shape index (κ2) is 8.43. The Hall–Kier alpha value is -1.02. The molecule has 0 amide bonds. The maximum atomic E-state index is 4.30. The van der Waals surface area contributed by atoms with Crippen molar-refractivity contribution in [3.63, 3.8) is 0 Å². The van der Waals surface area contributed by atoms with Crippen LogP contribution in [0.2, 0.25) is 0 Å². The van der Waals surface area contributed by atoms with E-state index in [0.717, 1.165) is 32.5 Å². The van der Waals surface area contributed by atoms with E-state index in [0.29, 0.717) is 0 Å². The quantitative estimate of drug-likeness (QED) is 0.601. The van der Waals surface area contributed by atoms with Crippen LogP contribution in [0.1, 0.15) is 53.9 Å². The van der Waals surface area contributed by atoms with E-state index in [1.54, 1.807) is 0 Å². The minimum atomic E-state index is 0.210. The molecule has 0 aromatic heterocycles. The molecule has 21 heavy (non-hydrogen) atoms. The number of nitrogens with zero attached hydrogens (tertiary/aromatic N) is 2. The lowest BCUT2D eigenvalue weighted by Crippen LogP contribution is -2.34. The highest BCUT2D eigenvalue weighted by molar-refractivity contribution is 5.27. The molecule has 120 valence electrons. The Morgan fingerprint density at radius 2 is 1.86 bits per heavy atom. The topological polar surface area (TPSA) is 6.48 Å². The zero-order chi connectivity index (χ0) is 15.9. The van der Waals surface area contributed by atoms with Crippen LogP contribution in [0.25, 0.3) is 0 Å². The number of hydrogen-bond acceptors (Lipinski definition) is 2. The summed E-state index contributed by atoms with van der Waals surface area (Å²) in [6.07, 6.45) is 10.1. The predicted octanol–water partition coefficient (Wildman–Crippen LogP) is 4.81. The predicted molar refractivity (Wildman–Crippen MR) is 94.2 cm³/mol. The summed E-state index contributed by atoms with van der Waals surface area (Å²) in [6, 6.07) is 0. The van der Waals surface area contributed by atoms with Gasteiger partial charge in [-0.05, 0) is 45.0 Å². The summed E-state index contributed by atoms with van der Waals surface area (Å²) in [5.74, 6) is 0. The van der Waals surface area contributed by atoms with Gasteiger partial charge >= 0.3 is 0 Å². The van der Waals surface area contributed by atoms with Gasteiger partial charge in [0.2, 0.25) is 0 Å². The van der Waals surface area contributed by atoms with Gasteiger partial charge in [0.05, 0.1) is 0 Å². The van der Waals surface area contributed by atoms with E-state index in [2.05, 4.69) is 69.2 Å². The van der Waals surface area contributed by atoms with Crippen LogP contribution in [-0.2, 0) is 0 Å². The smallest absolute Gasteiger partial charge is 0.0237 e. The second-order valence-corrected chi connectivity index (χ2v) is 6.52. The lowest BCUT2D eigenvalue weighted by Gasteiger charge is -2.39. The molecule has 1 rings (SSSR count). The highest BCUT2D eigenvalue weighted by Crippen LogP contribution is 2.37. The van der Waals surface area contributed by atoms with E-state index < -0.39 is 0 Å². The third kappa shape index (κ3) is 5.03. The Morgan fingerprint density at radius 1 is 1.19 bits per heavy atom. The van der Waals surface area contributed by atoms with Crippen LogP contribution in [0.3, 0.4) is 0 Å². The van der Waals surface area contributed by atoms with Gasteiger partial charge in [0.15, 0.2) is 0 Å². The van der Waals surface area contributed by atoms with Crippen molar-refractivity contribution in [2.24, 2.45) is 5.41 Å². The average Bonchev–Trinajstić information content (AvgIpc) is 2.47. The standard InChI is InChI=1S/C19H34N2/c1-7-17(4)21(16-12-15-20(8-2)9-3)18-13-10-11-14-19(18,5)6/h10-11,13H,4,7-9,12,14-16H2,1-3,5-6H3. The monoisotopic (exact) mass is 290 g/mol. The highest BCUT2D eigenvalue weighted by atomic mass is 15.2. The minimum Gasteiger partial charge on any atom is -0.349 e. The van der Waals surface area contributed by atoms with Crippen molar-refractivity contribution in [3.8, 4) is 0 Å². The van der Waals surface area contributed by atoms with Gasteiger partial charge in [0.1, 0.15) is 0 Å². The molecule has 0 saturated carbocycles. The van der Waals surface area contributed by atoms with Crippen LogP contribution >= 0.6 is 0 Å². The lowest BCUT2D eigenvalue weighted by atomic mass is 9.81. The third-order valence-electron chi connectivity index (χ3n) is 4.54. The molecular weight excluding hydrogens is 256 g/mol. The average molecular weight is 290 g/mol. The molecule has 2 heteroatoms. The maximum absolute atomic E-state index is 4.30. The van der Waals surface area contributed by atoms with Crippen molar-refractivity contribution < 1.29 is 0 Å². The molecule has 0 bridgehead atoms. The van der Waals surface area contributed by atoms with Gasteiger partial charge in [-0.3, -0.25) is 0 Å². The zero-order valence-electron chi connectivity index (χ0n) is 14.8. The Balaban J connectivity index is 2.75. The van der Waals surface area contributed by atoms with E-state index in [9.17, 15) is 0 Å². The molecule has 0 atom stereocenters. The maximum Gasteiger partial charge on any atom is 0.0237 e. The summed E-state index contributed by atoms with van der Waals surface area (Å²) in [5.41, 5.74) is 2.88. The molecule has 0 fully saturated rings. The van der Waals surface area contributed by atoms with Crippen LogP contribution in [0.4, 0.5) is 0 Å². The molecule has 0 unspecified atom stereocenters. The van der Waals surface area contributed by atoms with Gasteiger partial charge in [0, 0.05) is 23.4 Å². The SMILES string of the molecule is C=C(CC)N(CCCN(CC)CC)C1=CC=CCC1(C)C. The molecule has 0 saturated heterocycles. The second-order valence-electron chi connectivity index (χ2n) is 6.52. The van der Waals surface area contributed by atoms with Crippen LogP contribution < -0.4 is 0 Å². The van der Waals surface area contributed by atoms with Gasteiger partial charge in [-0.2, -0.15) is 0 Å². The van der Waals surface area contributed by atoms with E-state index in [-0.39, 0.29) is 5.41 Å². The van der Waals surface area contributed by atoms with Crippen molar-refractivity contribution >= 4 is 0 Å². The first-order chi connectivity index (χ1) is 9.96. The van der Waals surface area contributed by atoms with E-state index in [1.807, 2.05) is 0 Å². The first-order valence-corrected chi connectivity index (χ1v) is 8.51. The summed E-state index contributed by atoms with van der Waals surface area (Å²) >= 11 is 0. The Morgan fingerprint density at radius 3 is 2.38 bits per heavy atom. The van der Waals surface area contributed by atoms with Crippen LogP contribution in [0, 0.1) is 5.41 Å². The molecule has 0 aromatic rings. The fraction of sp³-hybridized carbons (Fsp3) is 0.684. The first kappa shape index (κ1) is 18.0. The first-order valence-electron chi connectivity index (χ1n) is 8.51. The number of hydrogen-bond donors (Lipinski definition) is 0. The molecule has 1 aliphatic rings. The highest BCUT2D eigenvalue weighted by Gasteiger charge is 2.28. The zero-order valence-corrected chi connectivity index (χ0v) is 14.8. The Bertz CT molecular complexity index is 386. The summed E-state index contributed by atoms with van der Waals surface area (Å²) < 4.78 is 0. The molecule has 0 heterocycles. The van der Waals surface area contributed by atoms with Crippen LogP contribution in [0.15, 0.2) is 36.2 Å². The van der Waals surface area contributed by atoms with Gasteiger partial charge in [-0.25, -0.2) is 0 Å². The Labute approximate surface area is 132 Å². The van der Waals surface area contributed by atoms with Crippen molar-refractivity contribution in [2.75, 3.05) is 26.2 Å². The van der Waals surface area contributed by atoms with Gasteiger partial charge < -0.3 is 9.80 Å². The van der Waals surface area contributed by atoms with Crippen molar-refractivity contribution in [3.05, 3.63) is 36.2 Å². The molecular formula is C19H34N2. The fourth-order valence-electron chi connectivity index (χ4n) is 2.94. The molecule has 2 nitrogen and oxygen atoms in total. The van der Waals surface area contributed by atoms with Crippen LogP contribution in [-0.4, -0.2) is 36.0 Å². The van der Waals surface area contributed by atoms with Crippen molar-refractivity contribution in [1.82, 2.24) is 9.80 Å². The van der Waals surface area contributed by atoms with E-state index in [1.165, 1.54) is 24.4 Å². The molecule has 0 aromatic carbocycles. The Kier molecular flexibility index (Phi) is 7.24.